The first kappa shape index (κ1) is 13.8. The highest BCUT2D eigenvalue weighted by Gasteiger charge is 2.16. The van der Waals surface area contributed by atoms with Gasteiger partial charge < -0.3 is 5.73 Å². The van der Waals surface area contributed by atoms with Gasteiger partial charge in [0.1, 0.15) is 0 Å². The summed E-state index contributed by atoms with van der Waals surface area (Å²) in [6.45, 7) is 0. The van der Waals surface area contributed by atoms with Crippen molar-refractivity contribution < 1.29 is 4.39 Å². The van der Waals surface area contributed by atoms with Gasteiger partial charge in [0, 0.05) is 11.3 Å². The number of halogens is 3. The minimum absolute atomic E-state index is 0.111. The number of rotatable bonds is 2. The Morgan fingerprint density at radius 1 is 1.10 bits per heavy atom. The zero-order valence-corrected chi connectivity index (χ0v) is 12.0. The van der Waals surface area contributed by atoms with Gasteiger partial charge in [0.15, 0.2) is 11.6 Å². The van der Waals surface area contributed by atoms with Gasteiger partial charge >= 0.3 is 0 Å². The molecule has 0 aliphatic heterocycles. The Morgan fingerprint density at radius 2 is 1.76 bits per heavy atom. The van der Waals surface area contributed by atoms with E-state index in [1.54, 1.807) is 18.2 Å². The van der Waals surface area contributed by atoms with E-state index in [2.05, 4.69) is 15.5 Å². The first-order chi connectivity index (χ1) is 10.1. The van der Waals surface area contributed by atoms with Crippen LogP contribution in [0.5, 0.6) is 0 Å². The van der Waals surface area contributed by atoms with Crippen LogP contribution in [0, 0.1) is 5.82 Å². The maximum Gasteiger partial charge on any atom is 0.189 e. The van der Waals surface area contributed by atoms with Crippen molar-refractivity contribution in [2.45, 2.75) is 0 Å². The van der Waals surface area contributed by atoms with Crippen LogP contribution in [0.3, 0.4) is 0 Å². The average molecular weight is 324 g/mol. The van der Waals surface area contributed by atoms with E-state index in [-0.39, 0.29) is 10.0 Å². The summed E-state index contributed by atoms with van der Waals surface area (Å²) in [5.74, 6) is -0.275. The molecule has 3 rings (SSSR count). The molecule has 0 unspecified atom stereocenters. The molecule has 0 radical (unpaired) electrons. The van der Waals surface area contributed by atoms with Crippen LogP contribution in [0.15, 0.2) is 36.4 Å². The van der Waals surface area contributed by atoms with Crippen molar-refractivity contribution in [3.05, 3.63) is 52.3 Å². The Balaban J connectivity index is 2.18. The molecule has 1 heterocycles. The maximum atomic E-state index is 13.5. The van der Waals surface area contributed by atoms with E-state index in [1.807, 2.05) is 6.07 Å². The summed E-state index contributed by atoms with van der Waals surface area (Å²) < 4.78 is 14.9. The van der Waals surface area contributed by atoms with Crippen LogP contribution in [0.2, 0.25) is 10.0 Å². The number of nitrogen functional groups attached to an aromatic ring is 1. The molecule has 0 saturated heterocycles. The van der Waals surface area contributed by atoms with E-state index in [0.717, 1.165) is 0 Å². The lowest BCUT2D eigenvalue weighted by Gasteiger charge is -2.08. The molecule has 0 aliphatic rings. The van der Waals surface area contributed by atoms with Crippen molar-refractivity contribution in [1.29, 1.82) is 0 Å². The smallest absolute Gasteiger partial charge is 0.189 e. The van der Waals surface area contributed by atoms with E-state index >= 15 is 0 Å². The third-order valence-electron chi connectivity index (χ3n) is 2.88. The summed E-state index contributed by atoms with van der Waals surface area (Å²) in [5, 5.41) is 11.2. The molecule has 0 aliphatic carbocycles. The van der Waals surface area contributed by atoms with E-state index < -0.39 is 5.82 Å². The van der Waals surface area contributed by atoms with Gasteiger partial charge in [-0.1, -0.05) is 35.3 Å². The fraction of sp³-hybridized carbons (Fsp3) is 0. The average Bonchev–Trinajstić information content (AvgIpc) is 2.94. The summed E-state index contributed by atoms with van der Waals surface area (Å²) in [7, 11) is 0. The molecule has 5 nitrogen and oxygen atoms in total. The number of anilines is 1. The lowest BCUT2D eigenvalue weighted by atomic mass is 10.1. The van der Waals surface area contributed by atoms with Crippen LogP contribution in [-0.4, -0.2) is 20.2 Å². The molecule has 0 amide bonds. The number of para-hydroxylation sites is 1. The lowest BCUT2D eigenvalue weighted by molar-refractivity contribution is 0.627. The molecule has 0 fully saturated rings. The number of nitrogens with zero attached hydrogens (tertiary/aromatic N) is 4. The summed E-state index contributed by atoms with van der Waals surface area (Å²) in [4.78, 5) is 0. The molecule has 0 spiro atoms. The molecule has 8 heteroatoms. The van der Waals surface area contributed by atoms with Crippen molar-refractivity contribution in [2.24, 2.45) is 0 Å². The van der Waals surface area contributed by atoms with E-state index in [9.17, 15) is 4.39 Å². The van der Waals surface area contributed by atoms with Crippen LogP contribution in [-0.2, 0) is 0 Å². The van der Waals surface area contributed by atoms with Gasteiger partial charge in [-0.05, 0) is 34.7 Å². The van der Waals surface area contributed by atoms with Crippen LogP contribution in [0.1, 0.15) is 0 Å². The molecule has 2 N–H and O–H groups in total. The van der Waals surface area contributed by atoms with E-state index in [0.29, 0.717) is 22.8 Å². The predicted molar refractivity (Wildman–Crippen MR) is 79.0 cm³/mol. The standard InChI is InChI=1S/C13H8Cl2FN5/c14-9-5-7(6-10(15)12(9)16)21-13(18-19-20-21)8-3-1-2-4-11(8)17/h1-6H,17H2. The lowest BCUT2D eigenvalue weighted by Crippen LogP contribution is -2.02. The summed E-state index contributed by atoms with van der Waals surface area (Å²) in [5.41, 5.74) is 7.53. The van der Waals surface area contributed by atoms with Gasteiger partial charge in [0.25, 0.3) is 0 Å². The normalized spacial score (nSPS) is 10.8. The Bertz CT molecular complexity index is 795. The fourth-order valence-electron chi connectivity index (χ4n) is 1.89. The Morgan fingerprint density at radius 3 is 2.43 bits per heavy atom. The summed E-state index contributed by atoms with van der Waals surface area (Å²) in [6, 6.07) is 9.92. The van der Waals surface area contributed by atoms with Crippen LogP contribution in [0.4, 0.5) is 10.1 Å². The molecule has 0 saturated carbocycles. The zero-order valence-electron chi connectivity index (χ0n) is 10.5. The number of tetrazole rings is 1. The number of aromatic nitrogens is 4. The third-order valence-corrected chi connectivity index (χ3v) is 3.43. The molecule has 0 bridgehead atoms. The van der Waals surface area contributed by atoms with Crippen LogP contribution in [0.25, 0.3) is 17.1 Å². The van der Waals surface area contributed by atoms with Gasteiger partial charge in [-0.2, -0.15) is 4.68 Å². The van der Waals surface area contributed by atoms with E-state index in [1.165, 1.54) is 16.8 Å². The number of benzene rings is 2. The molecular weight excluding hydrogens is 316 g/mol. The molecule has 21 heavy (non-hydrogen) atoms. The van der Waals surface area contributed by atoms with E-state index in [4.69, 9.17) is 28.9 Å². The Labute approximate surface area is 129 Å². The minimum Gasteiger partial charge on any atom is -0.398 e. The van der Waals surface area contributed by atoms with Gasteiger partial charge in [-0.25, -0.2) is 4.39 Å². The Kier molecular flexibility index (Phi) is 3.48. The second-order valence-corrected chi connectivity index (χ2v) is 5.04. The highest BCUT2D eigenvalue weighted by molar-refractivity contribution is 6.35. The molecule has 2 aromatic carbocycles. The van der Waals surface area contributed by atoms with Crippen molar-refractivity contribution in [3.63, 3.8) is 0 Å². The van der Waals surface area contributed by atoms with Gasteiger partial charge in [-0.3, -0.25) is 0 Å². The highest BCUT2D eigenvalue weighted by Crippen LogP contribution is 2.29. The minimum atomic E-state index is -0.684. The van der Waals surface area contributed by atoms with Crippen LogP contribution >= 0.6 is 23.2 Å². The molecule has 0 atom stereocenters. The number of hydrogen-bond acceptors (Lipinski definition) is 4. The monoisotopic (exact) mass is 323 g/mol. The van der Waals surface area contributed by atoms with Gasteiger partial charge in [0.2, 0.25) is 0 Å². The van der Waals surface area contributed by atoms with Crippen molar-refractivity contribution in [2.75, 3.05) is 5.73 Å². The summed E-state index contributed by atoms with van der Waals surface area (Å²) >= 11 is 11.6. The van der Waals surface area contributed by atoms with Crippen molar-refractivity contribution in [1.82, 2.24) is 20.2 Å². The largest absolute Gasteiger partial charge is 0.398 e. The first-order valence-electron chi connectivity index (χ1n) is 5.86. The second kappa shape index (κ2) is 5.31. The van der Waals surface area contributed by atoms with Gasteiger partial charge in [-0.15, -0.1) is 5.10 Å². The summed E-state index contributed by atoms with van der Waals surface area (Å²) in [6.07, 6.45) is 0. The molecule has 1 aromatic heterocycles. The second-order valence-electron chi connectivity index (χ2n) is 4.22. The molecule has 106 valence electrons. The topological polar surface area (TPSA) is 69.6 Å². The Hall–Kier alpha value is -2.18. The fourth-order valence-corrected chi connectivity index (χ4v) is 2.37. The zero-order chi connectivity index (χ0) is 15.0. The van der Waals surface area contributed by atoms with Crippen molar-refractivity contribution >= 4 is 28.9 Å². The molecule has 3 aromatic rings. The maximum absolute atomic E-state index is 13.5. The molecular formula is C13H8Cl2FN5. The number of nitrogens with two attached hydrogens (primary N) is 1. The van der Waals surface area contributed by atoms with Crippen LogP contribution < -0.4 is 5.73 Å². The predicted octanol–water partition coefficient (Wildman–Crippen LogP) is 3.36. The van der Waals surface area contributed by atoms with Crippen molar-refractivity contribution in [3.8, 4) is 17.1 Å². The van der Waals surface area contributed by atoms with Gasteiger partial charge in [0.05, 0.1) is 15.7 Å². The third kappa shape index (κ3) is 2.43. The highest BCUT2D eigenvalue weighted by atomic mass is 35.5. The first-order valence-corrected chi connectivity index (χ1v) is 6.61. The SMILES string of the molecule is Nc1ccccc1-c1nnnn1-c1cc(Cl)c(F)c(Cl)c1. The quantitative estimate of drug-likeness (QED) is 0.580. The number of hydrogen-bond donors (Lipinski definition) is 1.